The molecule has 0 fully saturated rings. The number of aromatic carboxylic acids is 1. The van der Waals surface area contributed by atoms with Gasteiger partial charge in [-0.3, -0.25) is 4.98 Å². The second-order valence-corrected chi connectivity index (χ2v) is 5.03. The van der Waals surface area contributed by atoms with Crippen molar-refractivity contribution >= 4 is 17.6 Å². The lowest BCUT2D eigenvalue weighted by Crippen LogP contribution is -2.06. The fraction of sp³-hybridized carbons (Fsp3) is 0.0667. The number of carboxylic acids is 1. The van der Waals surface area contributed by atoms with Gasteiger partial charge in [0.25, 0.3) is 0 Å². The zero-order valence-electron chi connectivity index (χ0n) is 11.3. The topological polar surface area (TPSA) is 80.9 Å². The lowest BCUT2D eigenvalue weighted by molar-refractivity contribution is 0.0691. The quantitative estimate of drug-likeness (QED) is 0.800. The van der Waals surface area contributed by atoms with Crippen molar-refractivity contribution in [3.63, 3.8) is 0 Å². The van der Waals surface area contributed by atoms with Gasteiger partial charge in [-0.05, 0) is 29.8 Å². The Bertz CT molecular complexity index is 800. The maximum Gasteiger partial charge on any atom is 0.358 e. The summed E-state index contributed by atoms with van der Waals surface area (Å²) in [6, 6.07) is 12.5. The number of carbonyl (C=O) groups is 1. The zero-order chi connectivity index (χ0) is 15.5. The number of pyridine rings is 1. The minimum Gasteiger partial charge on any atom is -0.476 e. The van der Waals surface area contributed by atoms with E-state index in [1.54, 1.807) is 36.5 Å². The highest BCUT2D eigenvalue weighted by molar-refractivity contribution is 6.30. The van der Waals surface area contributed by atoms with E-state index in [9.17, 15) is 9.90 Å². The summed E-state index contributed by atoms with van der Waals surface area (Å²) in [5.74, 6) is -1.14. The van der Waals surface area contributed by atoms with Crippen molar-refractivity contribution in [1.82, 2.24) is 20.0 Å². The van der Waals surface area contributed by atoms with E-state index in [0.717, 1.165) is 5.56 Å². The van der Waals surface area contributed by atoms with Crippen LogP contribution in [0.5, 0.6) is 0 Å². The van der Waals surface area contributed by atoms with Gasteiger partial charge in [-0.25, -0.2) is 9.48 Å². The predicted molar refractivity (Wildman–Crippen MR) is 80.8 cm³/mol. The first-order chi connectivity index (χ1) is 10.6. The summed E-state index contributed by atoms with van der Waals surface area (Å²) in [4.78, 5) is 15.5. The second kappa shape index (κ2) is 5.95. The molecule has 110 valence electrons. The Kier molecular flexibility index (Phi) is 3.84. The maximum absolute atomic E-state index is 11.3. The SMILES string of the molecule is O=C(O)c1nnn(Cc2ccc(Cl)cc2)c1-c1ccccn1. The molecule has 0 saturated heterocycles. The van der Waals surface area contributed by atoms with Gasteiger partial charge in [-0.15, -0.1) is 5.10 Å². The molecule has 2 heterocycles. The normalized spacial score (nSPS) is 10.6. The first-order valence-corrected chi connectivity index (χ1v) is 6.85. The highest BCUT2D eigenvalue weighted by Gasteiger charge is 2.21. The van der Waals surface area contributed by atoms with Crippen molar-refractivity contribution in [1.29, 1.82) is 0 Å². The number of hydrogen-bond donors (Lipinski definition) is 1. The Morgan fingerprint density at radius 1 is 1.18 bits per heavy atom. The summed E-state index contributed by atoms with van der Waals surface area (Å²) >= 11 is 5.87. The third kappa shape index (κ3) is 2.82. The molecule has 0 aliphatic rings. The van der Waals surface area contributed by atoms with Gasteiger partial charge < -0.3 is 5.11 Å². The molecule has 0 radical (unpaired) electrons. The predicted octanol–water partition coefficient (Wildman–Crippen LogP) is 2.74. The van der Waals surface area contributed by atoms with Gasteiger partial charge in [0, 0.05) is 11.2 Å². The van der Waals surface area contributed by atoms with Gasteiger partial charge in [0.15, 0.2) is 5.69 Å². The van der Waals surface area contributed by atoms with Gasteiger partial charge in [-0.2, -0.15) is 0 Å². The molecule has 0 aliphatic heterocycles. The van der Waals surface area contributed by atoms with Crippen LogP contribution in [0.2, 0.25) is 5.02 Å². The number of aromatic nitrogens is 4. The first-order valence-electron chi connectivity index (χ1n) is 6.48. The number of nitrogens with zero attached hydrogens (tertiary/aromatic N) is 4. The fourth-order valence-corrected chi connectivity index (χ4v) is 2.21. The van der Waals surface area contributed by atoms with Crippen LogP contribution in [0.25, 0.3) is 11.4 Å². The van der Waals surface area contributed by atoms with Crippen molar-refractivity contribution in [2.75, 3.05) is 0 Å². The molecular formula is C15H11ClN4O2. The van der Waals surface area contributed by atoms with Crippen molar-refractivity contribution in [3.8, 4) is 11.4 Å². The van der Waals surface area contributed by atoms with Gasteiger partial charge >= 0.3 is 5.97 Å². The summed E-state index contributed by atoms with van der Waals surface area (Å²) < 4.78 is 1.52. The Morgan fingerprint density at radius 3 is 2.59 bits per heavy atom. The van der Waals surface area contributed by atoms with E-state index in [1.807, 2.05) is 12.1 Å². The van der Waals surface area contributed by atoms with Crippen molar-refractivity contribution in [2.45, 2.75) is 6.54 Å². The van der Waals surface area contributed by atoms with Crippen LogP contribution < -0.4 is 0 Å². The van der Waals surface area contributed by atoms with Gasteiger partial charge in [0.2, 0.25) is 0 Å². The minimum atomic E-state index is -1.14. The largest absolute Gasteiger partial charge is 0.476 e. The van der Waals surface area contributed by atoms with E-state index >= 15 is 0 Å². The van der Waals surface area contributed by atoms with Crippen LogP contribution in [-0.4, -0.2) is 31.1 Å². The molecule has 0 spiro atoms. The molecule has 7 heteroatoms. The zero-order valence-corrected chi connectivity index (χ0v) is 12.1. The highest BCUT2D eigenvalue weighted by Crippen LogP contribution is 2.21. The summed E-state index contributed by atoms with van der Waals surface area (Å²) in [7, 11) is 0. The minimum absolute atomic E-state index is 0.118. The van der Waals surface area contributed by atoms with Crippen LogP contribution in [0, 0.1) is 0 Å². The van der Waals surface area contributed by atoms with Crippen molar-refractivity contribution in [3.05, 3.63) is 64.9 Å². The maximum atomic E-state index is 11.3. The molecule has 3 rings (SSSR count). The molecule has 0 bridgehead atoms. The molecule has 1 N–H and O–H groups in total. The molecule has 0 unspecified atom stereocenters. The Morgan fingerprint density at radius 2 is 1.95 bits per heavy atom. The van der Waals surface area contributed by atoms with Crippen LogP contribution in [0.3, 0.4) is 0 Å². The highest BCUT2D eigenvalue weighted by atomic mass is 35.5. The molecular weight excluding hydrogens is 304 g/mol. The Hall–Kier alpha value is -2.73. The summed E-state index contributed by atoms with van der Waals surface area (Å²) in [6.45, 7) is 0.378. The number of hydrogen-bond acceptors (Lipinski definition) is 4. The third-order valence-electron chi connectivity index (χ3n) is 3.09. The average Bonchev–Trinajstić information content (AvgIpc) is 2.94. The van der Waals surface area contributed by atoms with E-state index < -0.39 is 5.97 Å². The van der Waals surface area contributed by atoms with Crippen molar-refractivity contribution in [2.24, 2.45) is 0 Å². The number of carboxylic acid groups (broad SMARTS) is 1. The van der Waals surface area contributed by atoms with Crippen molar-refractivity contribution < 1.29 is 9.90 Å². The third-order valence-corrected chi connectivity index (χ3v) is 3.34. The smallest absolute Gasteiger partial charge is 0.358 e. The lowest BCUT2D eigenvalue weighted by atomic mass is 10.2. The van der Waals surface area contributed by atoms with Crippen LogP contribution in [0.4, 0.5) is 0 Å². The van der Waals surface area contributed by atoms with Crippen LogP contribution in [0.1, 0.15) is 16.1 Å². The molecule has 2 aromatic heterocycles. The molecule has 0 amide bonds. The summed E-state index contributed by atoms with van der Waals surface area (Å²) in [5, 5.41) is 17.6. The molecule has 0 atom stereocenters. The summed E-state index contributed by atoms with van der Waals surface area (Å²) in [5.41, 5.74) is 1.71. The van der Waals surface area contributed by atoms with Gasteiger partial charge in [0.05, 0.1) is 12.2 Å². The second-order valence-electron chi connectivity index (χ2n) is 4.59. The van der Waals surface area contributed by atoms with E-state index in [-0.39, 0.29) is 5.69 Å². The van der Waals surface area contributed by atoms with E-state index in [0.29, 0.717) is 23.0 Å². The monoisotopic (exact) mass is 314 g/mol. The first kappa shape index (κ1) is 14.2. The van der Waals surface area contributed by atoms with Gasteiger partial charge in [0.1, 0.15) is 5.69 Å². The van der Waals surface area contributed by atoms with E-state index in [4.69, 9.17) is 11.6 Å². The Balaban J connectivity index is 2.05. The lowest BCUT2D eigenvalue weighted by Gasteiger charge is -2.07. The fourth-order valence-electron chi connectivity index (χ4n) is 2.09. The molecule has 3 aromatic rings. The van der Waals surface area contributed by atoms with E-state index in [1.165, 1.54) is 4.68 Å². The Labute approximate surface area is 131 Å². The van der Waals surface area contributed by atoms with Crippen LogP contribution in [0.15, 0.2) is 48.7 Å². The number of rotatable bonds is 4. The van der Waals surface area contributed by atoms with Crippen LogP contribution >= 0.6 is 11.6 Å². The molecule has 22 heavy (non-hydrogen) atoms. The molecule has 6 nitrogen and oxygen atoms in total. The number of halogens is 1. The standard InChI is InChI=1S/C15H11ClN4O2/c16-11-6-4-10(5-7-11)9-20-14(12-3-1-2-8-17-12)13(15(21)22)18-19-20/h1-8H,9H2,(H,21,22). The number of benzene rings is 1. The van der Waals surface area contributed by atoms with Crippen LogP contribution in [-0.2, 0) is 6.54 Å². The molecule has 0 saturated carbocycles. The molecule has 0 aliphatic carbocycles. The van der Waals surface area contributed by atoms with E-state index in [2.05, 4.69) is 15.3 Å². The summed E-state index contributed by atoms with van der Waals surface area (Å²) in [6.07, 6.45) is 1.60. The molecule has 1 aromatic carbocycles. The average molecular weight is 315 g/mol. The van der Waals surface area contributed by atoms with Gasteiger partial charge in [-0.1, -0.05) is 35.0 Å².